The maximum Gasteiger partial charge on any atom is 0.287 e. The molecule has 6 heteroatoms. The Bertz CT molecular complexity index is 392. The Morgan fingerprint density at radius 2 is 2.33 bits per heavy atom. The maximum atomic E-state index is 11.7. The molecule has 0 fully saturated rings. The van der Waals surface area contributed by atoms with Crippen molar-refractivity contribution in [2.24, 2.45) is 0 Å². The van der Waals surface area contributed by atoms with Crippen LogP contribution in [0.2, 0.25) is 0 Å². The largest absolute Gasteiger partial charge is 0.396 e. The molecule has 1 aromatic heterocycles. The molecule has 18 heavy (non-hydrogen) atoms. The molecular weight excluding hydrogens is 234 g/mol. The first-order chi connectivity index (χ1) is 8.50. The third-order valence-electron chi connectivity index (χ3n) is 2.95. The topological polar surface area (TPSA) is 98.2 Å². The van der Waals surface area contributed by atoms with Crippen molar-refractivity contribution in [1.29, 1.82) is 0 Å². The monoisotopic (exact) mass is 255 g/mol. The highest BCUT2D eigenvalue weighted by molar-refractivity contribution is 5.90. The summed E-state index contributed by atoms with van der Waals surface area (Å²) in [5.41, 5.74) is -0.161. The number of carbonyl (C=O) groups excluding carboxylic acids is 1. The van der Waals surface area contributed by atoms with Gasteiger partial charge in [-0.25, -0.2) is 4.98 Å². The quantitative estimate of drug-likeness (QED) is 0.565. The number of hydrogen-bond donors (Lipinski definition) is 4. The van der Waals surface area contributed by atoms with Crippen molar-refractivity contribution in [2.45, 2.75) is 38.7 Å². The van der Waals surface area contributed by atoms with Crippen molar-refractivity contribution in [2.75, 3.05) is 13.2 Å². The molecule has 1 atom stereocenters. The molecule has 0 aliphatic heterocycles. The van der Waals surface area contributed by atoms with Crippen LogP contribution in [0.1, 0.15) is 42.5 Å². The molecule has 6 nitrogen and oxygen atoms in total. The van der Waals surface area contributed by atoms with Gasteiger partial charge in [-0.3, -0.25) is 4.79 Å². The predicted octanol–water partition coefficient (Wildman–Crippen LogP) is 0.362. The van der Waals surface area contributed by atoms with Gasteiger partial charge in [0.05, 0.1) is 5.60 Å². The van der Waals surface area contributed by atoms with Crippen molar-refractivity contribution in [1.82, 2.24) is 15.3 Å². The Morgan fingerprint density at radius 3 is 2.83 bits per heavy atom. The van der Waals surface area contributed by atoms with Gasteiger partial charge in [0.2, 0.25) is 0 Å². The molecule has 102 valence electrons. The van der Waals surface area contributed by atoms with E-state index in [9.17, 15) is 9.90 Å². The zero-order chi connectivity index (χ0) is 13.6. The Labute approximate surface area is 106 Å². The molecule has 0 saturated heterocycles. The lowest BCUT2D eigenvalue weighted by atomic mass is 9.95. The van der Waals surface area contributed by atoms with Crippen LogP contribution in [0.4, 0.5) is 0 Å². The number of aromatic amines is 1. The van der Waals surface area contributed by atoms with Crippen molar-refractivity contribution in [3.05, 3.63) is 17.7 Å². The highest BCUT2D eigenvalue weighted by Gasteiger charge is 2.25. The lowest BCUT2D eigenvalue weighted by molar-refractivity contribution is 0.0211. The van der Waals surface area contributed by atoms with Gasteiger partial charge < -0.3 is 20.5 Å². The number of H-pyrrole nitrogens is 1. The molecule has 0 aliphatic carbocycles. The second-order valence-corrected chi connectivity index (χ2v) is 4.50. The Balaban J connectivity index is 2.49. The molecule has 0 spiro atoms. The molecular formula is C12H21N3O3. The molecule has 1 amide bonds. The van der Waals surface area contributed by atoms with Crippen LogP contribution >= 0.6 is 0 Å². The fourth-order valence-electron chi connectivity index (χ4n) is 1.65. The zero-order valence-electron chi connectivity index (χ0n) is 10.9. The lowest BCUT2D eigenvalue weighted by Crippen LogP contribution is -2.43. The van der Waals surface area contributed by atoms with Gasteiger partial charge in [-0.05, 0) is 26.2 Å². The molecule has 0 radical (unpaired) electrons. The number of hydrogen-bond acceptors (Lipinski definition) is 4. The van der Waals surface area contributed by atoms with Gasteiger partial charge in [-0.2, -0.15) is 0 Å². The molecule has 1 rings (SSSR count). The molecule has 0 saturated carbocycles. The summed E-state index contributed by atoms with van der Waals surface area (Å²) in [4.78, 5) is 18.5. The van der Waals surface area contributed by atoms with Gasteiger partial charge >= 0.3 is 0 Å². The second-order valence-electron chi connectivity index (χ2n) is 4.50. The number of aliphatic hydroxyl groups is 2. The number of nitrogens with zero attached hydrogens (tertiary/aromatic N) is 1. The standard InChI is InChI=1S/C12H21N3O3/c1-3-12(18,5-4-6-16)8-14-11(17)10-13-7-9(2)15-10/h7,16,18H,3-6,8H2,1-2H3,(H,13,15)(H,14,17). The fraction of sp³-hybridized carbons (Fsp3) is 0.667. The molecule has 0 bridgehead atoms. The fourth-order valence-corrected chi connectivity index (χ4v) is 1.65. The summed E-state index contributed by atoms with van der Waals surface area (Å²) in [6.45, 7) is 3.85. The first-order valence-corrected chi connectivity index (χ1v) is 6.14. The smallest absolute Gasteiger partial charge is 0.287 e. The average molecular weight is 255 g/mol. The van der Waals surface area contributed by atoms with Gasteiger partial charge in [-0.1, -0.05) is 6.92 Å². The van der Waals surface area contributed by atoms with Crippen LogP contribution in [0.25, 0.3) is 0 Å². The Hall–Kier alpha value is -1.40. The number of amides is 1. The van der Waals surface area contributed by atoms with E-state index in [0.29, 0.717) is 19.3 Å². The van der Waals surface area contributed by atoms with Crippen molar-refractivity contribution in [3.8, 4) is 0 Å². The van der Waals surface area contributed by atoms with E-state index >= 15 is 0 Å². The molecule has 0 aliphatic rings. The van der Waals surface area contributed by atoms with Crippen LogP contribution in [0.5, 0.6) is 0 Å². The second kappa shape index (κ2) is 6.51. The minimum absolute atomic E-state index is 0.0354. The van der Waals surface area contributed by atoms with E-state index in [2.05, 4.69) is 15.3 Å². The lowest BCUT2D eigenvalue weighted by Gasteiger charge is -2.26. The van der Waals surface area contributed by atoms with Crippen LogP contribution in [0.3, 0.4) is 0 Å². The summed E-state index contributed by atoms with van der Waals surface area (Å²) in [6, 6.07) is 0. The number of aryl methyl sites for hydroxylation is 1. The van der Waals surface area contributed by atoms with Crippen LogP contribution in [-0.4, -0.2) is 44.8 Å². The third-order valence-corrected chi connectivity index (χ3v) is 2.95. The summed E-state index contributed by atoms with van der Waals surface area (Å²) in [7, 11) is 0. The van der Waals surface area contributed by atoms with Gasteiger partial charge in [0.15, 0.2) is 5.82 Å². The Morgan fingerprint density at radius 1 is 1.61 bits per heavy atom. The van der Waals surface area contributed by atoms with E-state index in [4.69, 9.17) is 5.11 Å². The SMILES string of the molecule is CCC(O)(CCCO)CNC(=O)c1ncc(C)[nH]1. The predicted molar refractivity (Wildman–Crippen MR) is 67.2 cm³/mol. The third kappa shape index (κ3) is 4.12. The summed E-state index contributed by atoms with van der Waals surface area (Å²) >= 11 is 0. The maximum absolute atomic E-state index is 11.7. The minimum atomic E-state index is -0.972. The van der Waals surface area contributed by atoms with Crippen molar-refractivity contribution in [3.63, 3.8) is 0 Å². The first kappa shape index (κ1) is 14.7. The number of rotatable bonds is 7. The van der Waals surface area contributed by atoms with Gasteiger partial charge in [0.1, 0.15) is 0 Å². The summed E-state index contributed by atoms with van der Waals surface area (Å²) in [5, 5.41) is 21.6. The van der Waals surface area contributed by atoms with E-state index in [1.807, 2.05) is 13.8 Å². The van der Waals surface area contributed by atoms with E-state index in [1.165, 1.54) is 0 Å². The normalized spacial score (nSPS) is 14.2. The zero-order valence-corrected chi connectivity index (χ0v) is 10.9. The number of imidazole rings is 1. The summed E-state index contributed by atoms with van der Waals surface area (Å²) < 4.78 is 0. The Kier molecular flexibility index (Phi) is 5.30. The molecule has 4 N–H and O–H groups in total. The minimum Gasteiger partial charge on any atom is -0.396 e. The van der Waals surface area contributed by atoms with Crippen LogP contribution in [0, 0.1) is 6.92 Å². The van der Waals surface area contributed by atoms with Crippen molar-refractivity contribution < 1.29 is 15.0 Å². The van der Waals surface area contributed by atoms with Gasteiger partial charge in [-0.15, -0.1) is 0 Å². The van der Waals surface area contributed by atoms with E-state index in [1.54, 1.807) is 6.20 Å². The van der Waals surface area contributed by atoms with Crippen LogP contribution in [0.15, 0.2) is 6.20 Å². The molecule has 0 aromatic carbocycles. The van der Waals surface area contributed by atoms with Gasteiger partial charge in [0, 0.05) is 25.0 Å². The number of nitrogens with one attached hydrogen (secondary N) is 2. The molecule has 1 heterocycles. The van der Waals surface area contributed by atoms with E-state index < -0.39 is 5.60 Å². The number of carbonyl (C=O) groups is 1. The number of aromatic nitrogens is 2. The highest BCUT2D eigenvalue weighted by atomic mass is 16.3. The summed E-state index contributed by atoms with van der Waals surface area (Å²) in [6.07, 6.45) is 3.06. The van der Waals surface area contributed by atoms with Crippen molar-refractivity contribution >= 4 is 5.91 Å². The van der Waals surface area contributed by atoms with Gasteiger partial charge in [0.25, 0.3) is 5.91 Å². The summed E-state index contributed by atoms with van der Waals surface area (Å²) in [5.74, 6) is -0.0907. The average Bonchev–Trinajstić information content (AvgIpc) is 2.80. The van der Waals surface area contributed by atoms with Crippen LogP contribution < -0.4 is 5.32 Å². The van der Waals surface area contributed by atoms with E-state index in [0.717, 1.165) is 5.69 Å². The molecule has 1 aromatic rings. The molecule has 1 unspecified atom stereocenters. The highest BCUT2D eigenvalue weighted by Crippen LogP contribution is 2.16. The van der Waals surface area contributed by atoms with E-state index in [-0.39, 0.29) is 24.9 Å². The first-order valence-electron chi connectivity index (χ1n) is 6.14. The number of aliphatic hydroxyl groups excluding tert-OH is 1. The van der Waals surface area contributed by atoms with Crippen LogP contribution in [-0.2, 0) is 0 Å².